The minimum atomic E-state index is -4.42. The van der Waals surface area contributed by atoms with E-state index in [1.54, 1.807) is 30.3 Å². The normalized spacial score (nSPS) is 11.3. The number of nitrogens with one attached hydrogen (secondary N) is 2. The lowest BCUT2D eigenvalue weighted by atomic mass is 10.1. The molecule has 0 saturated carbocycles. The second kappa shape index (κ2) is 6.60. The number of anilines is 2. The van der Waals surface area contributed by atoms with Crippen LogP contribution in [0.15, 0.2) is 60.7 Å². The Morgan fingerprint density at radius 2 is 1.56 bits per heavy atom. The van der Waals surface area contributed by atoms with Crippen LogP contribution < -0.4 is 10.6 Å². The van der Waals surface area contributed by atoms with E-state index in [0.29, 0.717) is 11.1 Å². The van der Waals surface area contributed by atoms with Crippen molar-refractivity contribution in [2.45, 2.75) is 6.18 Å². The Labute approximate surface area is 147 Å². The van der Waals surface area contributed by atoms with Gasteiger partial charge in [0.25, 0.3) is 0 Å². The lowest BCUT2D eigenvalue weighted by molar-refractivity contribution is -0.137. The highest BCUT2D eigenvalue weighted by Gasteiger charge is 2.30. The standard InChI is InChI=1S/C18H13F3N2OS/c19-18(20,21)11-4-1-5-12(10-11)22-17(25)23-15-8-2-7-14-13(15)6-3-9-16(14)24/h1-10,24H,(H2,22,23,25). The summed E-state index contributed by atoms with van der Waals surface area (Å²) in [6, 6.07) is 15.2. The first-order chi connectivity index (χ1) is 11.8. The molecule has 0 aliphatic carbocycles. The number of thiocarbonyl (C=S) groups is 1. The number of halogens is 3. The number of hydrogen-bond donors (Lipinski definition) is 3. The molecule has 0 fully saturated rings. The van der Waals surface area contributed by atoms with Gasteiger partial charge in [0, 0.05) is 22.1 Å². The molecule has 3 aromatic rings. The maximum Gasteiger partial charge on any atom is 0.416 e. The van der Waals surface area contributed by atoms with Crippen LogP contribution in [0, 0.1) is 0 Å². The van der Waals surface area contributed by atoms with Crippen LogP contribution in [0.1, 0.15) is 5.56 Å². The van der Waals surface area contributed by atoms with Crippen molar-refractivity contribution >= 4 is 39.5 Å². The van der Waals surface area contributed by atoms with Crippen LogP contribution in [-0.4, -0.2) is 10.2 Å². The van der Waals surface area contributed by atoms with Crippen molar-refractivity contribution in [3.05, 3.63) is 66.2 Å². The number of phenols is 1. The Kier molecular flexibility index (Phi) is 4.50. The largest absolute Gasteiger partial charge is 0.507 e. The van der Waals surface area contributed by atoms with Crippen molar-refractivity contribution in [3.63, 3.8) is 0 Å². The van der Waals surface area contributed by atoms with E-state index in [1.807, 2.05) is 6.07 Å². The molecule has 0 unspecified atom stereocenters. The van der Waals surface area contributed by atoms with Crippen LogP contribution >= 0.6 is 12.2 Å². The summed E-state index contributed by atoms with van der Waals surface area (Å²) in [5, 5.41) is 17.1. The van der Waals surface area contributed by atoms with Gasteiger partial charge in [0.15, 0.2) is 5.11 Å². The summed E-state index contributed by atoms with van der Waals surface area (Å²) < 4.78 is 38.3. The smallest absolute Gasteiger partial charge is 0.416 e. The average molecular weight is 362 g/mol. The quantitative estimate of drug-likeness (QED) is 0.536. The molecule has 3 N–H and O–H groups in total. The number of alkyl halides is 3. The lowest BCUT2D eigenvalue weighted by Gasteiger charge is -2.14. The summed E-state index contributed by atoms with van der Waals surface area (Å²) in [4.78, 5) is 0. The van der Waals surface area contributed by atoms with Crippen molar-refractivity contribution in [2.24, 2.45) is 0 Å². The molecule has 128 valence electrons. The number of fused-ring (bicyclic) bond motifs is 1. The first kappa shape index (κ1) is 17.0. The molecule has 0 radical (unpaired) electrons. The van der Waals surface area contributed by atoms with Gasteiger partial charge < -0.3 is 15.7 Å². The van der Waals surface area contributed by atoms with E-state index in [4.69, 9.17) is 12.2 Å². The Morgan fingerprint density at radius 3 is 2.32 bits per heavy atom. The molecule has 0 saturated heterocycles. The van der Waals surface area contributed by atoms with Gasteiger partial charge >= 0.3 is 6.18 Å². The molecule has 3 rings (SSSR count). The van der Waals surface area contributed by atoms with E-state index in [-0.39, 0.29) is 16.5 Å². The summed E-state index contributed by atoms with van der Waals surface area (Å²) in [7, 11) is 0. The molecule has 3 nitrogen and oxygen atoms in total. The van der Waals surface area contributed by atoms with Crippen LogP contribution in [0.25, 0.3) is 10.8 Å². The summed E-state index contributed by atoms with van der Waals surface area (Å²) in [5.74, 6) is 0.137. The molecular weight excluding hydrogens is 349 g/mol. The Balaban J connectivity index is 1.81. The average Bonchev–Trinajstić information content (AvgIpc) is 2.55. The Bertz CT molecular complexity index is 941. The van der Waals surface area contributed by atoms with E-state index >= 15 is 0 Å². The fourth-order valence-electron chi connectivity index (χ4n) is 2.46. The Morgan fingerprint density at radius 1 is 0.880 bits per heavy atom. The van der Waals surface area contributed by atoms with E-state index in [2.05, 4.69) is 10.6 Å². The SMILES string of the molecule is Oc1cccc2c(NC(=S)Nc3cccc(C(F)(F)F)c3)cccc12. The number of hydrogen-bond acceptors (Lipinski definition) is 2. The molecule has 3 aromatic carbocycles. The van der Waals surface area contributed by atoms with Gasteiger partial charge in [-0.25, -0.2) is 0 Å². The van der Waals surface area contributed by atoms with E-state index < -0.39 is 11.7 Å². The fraction of sp³-hybridized carbons (Fsp3) is 0.0556. The topological polar surface area (TPSA) is 44.3 Å². The zero-order valence-electron chi connectivity index (χ0n) is 12.8. The molecule has 0 atom stereocenters. The lowest BCUT2D eigenvalue weighted by Crippen LogP contribution is -2.19. The monoisotopic (exact) mass is 362 g/mol. The molecule has 0 amide bonds. The van der Waals surface area contributed by atoms with Crippen LogP contribution in [0.4, 0.5) is 24.5 Å². The predicted octanol–water partition coefficient (Wildman–Crippen LogP) is 5.37. The second-order valence-corrected chi connectivity index (χ2v) is 5.74. The third-order valence-corrected chi connectivity index (χ3v) is 3.80. The first-order valence-corrected chi connectivity index (χ1v) is 7.71. The van der Waals surface area contributed by atoms with Gasteiger partial charge in [-0.3, -0.25) is 0 Å². The van der Waals surface area contributed by atoms with E-state index in [0.717, 1.165) is 17.5 Å². The number of phenolic OH excluding ortho intramolecular Hbond substituents is 1. The van der Waals surface area contributed by atoms with Crippen molar-refractivity contribution in [1.82, 2.24) is 0 Å². The summed E-state index contributed by atoms with van der Waals surface area (Å²) in [6.07, 6.45) is -4.42. The van der Waals surface area contributed by atoms with Gasteiger partial charge in [0.05, 0.1) is 5.56 Å². The van der Waals surface area contributed by atoms with Gasteiger partial charge in [-0.2, -0.15) is 13.2 Å². The van der Waals surface area contributed by atoms with Gasteiger partial charge in [-0.1, -0.05) is 30.3 Å². The van der Waals surface area contributed by atoms with Gasteiger partial charge in [0.1, 0.15) is 5.75 Å². The molecule has 0 spiro atoms. The first-order valence-electron chi connectivity index (χ1n) is 7.30. The number of aromatic hydroxyl groups is 1. The highest BCUT2D eigenvalue weighted by Crippen LogP contribution is 2.31. The van der Waals surface area contributed by atoms with Gasteiger partial charge in [-0.15, -0.1) is 0 Å². The third kappa shape index (κ3) is 3.83. The molecule has 0 aliphatic heterocycles. The number of rotatable bonds is 2. The van der Waals surface area contributed by atoms with E-state index in [9.17, 15) is 18.3 Å². The van der Waals surface area contributed by atoms with Crippen molar-refractivity contribution in [1.29, 1.82) is 0 Å². The second-order valence-electron chi connectivity index (χ2n) is 5.34. The molecule has 0 bridgehead atoms. The van der Waals surface area contributed by atoms with E-state index in [1.165, 1.54) is 12.1 Å². The van der Waals surface area contributed by atoms with Crippen LogP contribution in [0.2, 0.25) is 0 Å². The summed E-state index contributed by atoms with van der Waals surface area (Å²) >= 11 is 5.18. The van der Waals surface area contributed by atoms with Gasteiger partial charge in [-0.05, 0) is 42.5 Å². The van der Waals surface area contributed by atoms with Crippen LogP contribution in [0.5, 0.6) is 5.75 Å². The molecule has 0 aliphatic rings. The summed E-state index contributed by atoms with van der Waals surface area (Å²) in [6.45, 7) is 0. The maximum absolute atomic E-state index is 12.8. The molecule has 0 aromatic heterocycles. The minimum absolute atomic E-state index is 0.137. The van der Waals surface area contributed by atoms with Crippen LogP contribution in [-0.2, 0) is 6.18 Å². The molecular formula is C18H13F3N2OS. The maximum atomic E-state index is 12.8. The van der Waals surface area contributed by atoms with Crippen LogP contribution in [0.3, 0.4) is 0 Å². The van der Waals surface area contributed by atoms with Gasteiger partial charge in [0.2, 0.25) is 0 Å². The molecule has 0 heterocycles. The summed E-state index contributed by atoms with van der Waals surface area (Å²) in [5.41, 5.74) is 0.115. The van der Waals surface area contributed by atoms with Crippen molar-refractivity contribution in [2.75, 3.05) is 10.6 Å². The Hall–Kier alpha value is -2.80. The molecule has 25 heavy (non-hydrogen) atoms. The zero-order valence-corrected chi connectivity index (χ0v) is 13.6. The highest BCUT2D eigenvalue weighted by atomic mass is 32.1. The zero-order chi connectivity index (χ0) is 18.0. The molecule has 7 heteroatoms. The third-order valence-electron chi connectivity index (χ3n) is 3.60. The van der Waals surface area contributed by atoms with Crippen molar-refractivity contribution < 1.29 is 18.3 Å². The number of benzene rings is 3. The van der Waals surface area contributed by atoms with Crippen molar-refractivity contribution in [3.8, 4) is 5.75 Å². The minimum Gasteiger partial charge on any atom is -0.507 e. The predicted molar refractivity (Wildman–Crippen MR) is 96.9 cm³/mol. The fourth-order valence-corrected chi connectivity index (χ4v) is 2.69. The highest BCUT2D eigenvalue weighted by molar-refractivity contribution is 7.80.